The highest BCUT2D eigenvalue weighted by atomic mass is 35.5. The molecular formula is C26H29ClF2N6O5. The number of hydrogen-bond donors (Lipinski definition) is 2. The Balaban J connectivity index is 1.35. The van der Waals surface area contributed by atoms with Gasteiger partial charge >= 0.3 is 6.09 Å². The van der Waals surface area contributed by atoms with Crippen LogP contribution in [0.2, 0.25) is 5.02 Å². The van der Waals surface area contributed by atoms with Crippen LogP contribution in [-0.2, 0) is 14.2 Å². The summed E-state index contributed by atoms with van der Waals surface area (Å²) < 4.78 is 47.9. The number of aliphatic hydroxyl groups excluding tert-OH is 1. The van der Waals surface area contributed by atoms with Crippen LogP contribution in [0.1, 0.15) is 38.1 Å². The van der Waals surface area contributed by atoms with E-state index in [9.17, 15) is 14.3 Å². The maximum Gasteiger partial charge on any atom is 0.409 e. The number of hydrogen-bond acceptors (Lipinski definition) is 9. The summed E-state index contributed by atoms with van der Waals surface area (Å²) in [7, 11) is 1.34. The van der Waals surface area contributed by atoms with Gasteiger partial charge in [0.1, 0.15) is 23.5 Å². The van der Waals surface area contributed by atoms with Gasteiger partial charge in [-0.25, -0.2) is 28.5 Å². The fraction of sp³-hybridized carbons (Fsp3) is 0.538. The van der Waals surface area contributed by atoms with E-state index in [1.165, 1.54) is 19.4 Å². The number of fused-ring (bicyclic) bond motifs is 3. The highest BCUT2D eigenvalue weighted by Gasteiger charge is 2.51. The molecule has 3 aromatic rings. The van der Waals surface area contributed by atoms with Crippen LogP contribution in [0.3, 0.4) is 0 Å². The van der Waals surface area contributed by atoms with Crippen molar-refractivity contribution in [2.24, 2.45) is 0 Å². The number of nitrogens with one attached hydrogen (secondary N) is 1. The van der Waals surface area contributed by atoms with Crippen molar-refractivity contribution in [2.45, 2.75) is 62.9 Å². The zero-order valence-corrected chi connectivity index (χ0v) is 22.8. The number of alkyl halides is 1. The van der Waals surface area contributed by atoms with E-state index in [4.69, 9.17) is 25.8 Å². The third-order valence-electron chi connectivity index (χ3n) is 7.68. The summed E-state index contributed by atoms with van der Waals surface area (Å²) in [6, 6.07) is 1.93. The number of halogens is 3. The lowest BCUT2D eigenvalue weighted by Crippen LogP contribution is -2.55. The number of ether oxygens (including phenoxy) is 3. The molecule has 14 heteroatoms. The van der Waals surface area contributed by atoms with Crippen molar-refractivity contribution < 1.29 is 32.9 Å². The van der Waals surface area contributed by atoms with Crippen LogP contribution in [0.15, 0.2) is 18.3 Å². The maximum atomic E-state index is 15.6. The molecule has 40 heavy (non-hydrogen) atoms. The van der Waals surface area contributed by atoms with E-state index in [2.05, 4.69) is 20.3 Å². The molecule has 11 nitrogen and oxygen atoms in total. The molecule has 1 unspecified atom stereocenters. The van der Waals surface area contributed by atoms with Gasteiger partial charge in [-0.1, -0.05) is 11.6 Å². The number of amides is 1. The molecule has 3 aliphatic rings. The number of anilines is 1. The van der Waals surface area contributed by atoms with Crippen LogP contribution in [0, 0.1) is 5.82 Å². The molecule has 6 rings (SSSR count). The summed E-state index contributed by atoms with van der Waals surface area (Å²) in [4.78, 5) is 26.9. The molecule has 5 heterocycles. The SMILES string of the molecule is COC(=O)N1CC[C@@H](c2nc3c(F)cc(-c4nc(NC5[C@H](O)[C@@H]6CO[C@@H](O6)[C@H]5F)ncc4Cl)cc3n2C(C)C)C1. The summed E-state index contributed by atoms with van der Waals surface area (Å²) >= 11 is 6.45. The Labute approximate surface area is 233 Å². The van der Waals surface area contributed by atoms with Crippen LogP contribution in [-0.4, -0.2) is 93.1 Å². The van der Waals surface area contributed by atoms with Gasteiger partial charge in [0.15, 0.2) is 18.3 Å². The second kappa shape index (κ2) is 10.4. The fourth-order valence-electron chi connectivity index (χ4n) is 5.73. The number of aromatic nitrogens is 4. The summed E-state index contributed by atoms with van der Waals surface area (Å²) in [5, 5.41) is 13.5. The molecule has 1 aromatic carbocycles. The minimum Gasteiger partial charge on any atom is -0.453 e. The molecule has 3 aliphatic heterocycles. The number of likely N-dealkylation sites (tertiary alicyclic amines) is 1. The summed E-state index contributed by atoms with van der Waals surface area (Å²) in [6.45, 7) is 4.98. The zero-order chi connectivity index (χ0) is 28.3. The Morgan fingerprint density at radius 1 is 1.32 bits per heavy atom. The Kier molecular flexibility index (Phi) is 7.01. The second-order valence-electron chi connectivity index (χ2n) is 10.5. The van der Waals surface area contributed by atoms with Crippen molar-refractivity contribution in [3.8, 4) is 11.3 Å². The predicted octanol–water partition coefficient (Wildman–Crippen LogP) is 3.66. The van der Waals surface area contributed by atoms with Gasteiger partial charge in [-0.15, -0.1) is 0 Å². The van der Waals surface area contributed by atoms with Crippen LogP contribution in [0.25, 0.3) is 22.3 Å². The number of benzene rings is 1. The number of nitrogens with zero attached hydrogens (tertiary/aromatic N) is 5. The molecule has 214 valence electrons. The normalized spacial score (nSPS) is 28.1. The number of aliphatic hydroxyl groups is 1. The Morgan fingerprint density at radius 3 is 2.88 bits per heavy atom. The molecule has 3 saturated heterocycles. The smallest absolute Gasteiger partial charge is 0.409 e. The van der Waals surface area contributed by atoms with E-state index >= 15 is 4.39 Å². The van der Waals surface area contributed by atoms with Crippen molar-refractivity contribution in [1.29, 1.82) is 0 Å². The lowest BCUT2D eigenvalue weighted by Gasteiger charge is -2.34. The van der Waals surface area contributed by atoms with Crippen molar-refractivity contribution >= 4 is 34.7 Å². The van der Waals surface area contributed by atoms with Gasteiger partial charge in [0.25, 0.3) is 0 Å². The van der Waals surface area contributed by atoms with Crippen LogP contribution in [0.5, 0.6) is 0 Å². The van der Waals surface area contributed by atoms with Gasteiger partial charge in [-0.3, -0.25) is 0 Å². The minimum atomic E-state index is -1.66. The number of carbonyl (C=O) groups excluding carboxylic acids is 1. The maximum absolute atomic E-state index is 15.6. The fourth-order valence-corrected chi connectivity index (χ4v) is 5.93. The quantitative estimate of drug-likeness (QED) is 0.467. The first-order valence-corrected chi connectivity index (χ1v) is 13.5. The summed E-state index contributed by atoms with van der Waals surface area (Å²) in [5.41, 5.74) is 1.36. The van der Waals surface area contributed by atoms with Crippen LogP contribution >= 0.6 is 11.6 Å². The van der Waals surface area contributed by atoms with Gasteiger partial charge in [0.05, 0.1) is 42.2 Å². The highest BCUT2D eigenvalue weighted by Crippen LogP contribution is 2.37. The van der Waals surface area contributed by atoms with Gasteiger partial charge in [-0.2, -0.15) is 0 Å². The molecular weight excluding hydrogens is 550 g/mol. The second-order valence-corrected chi connectivity index (χ2v) is 10.9. The Bertz CT molecular complexity index is 1440. The number of carbonyl (C=O) groups is 1. The number of methoxy groups -OCH3 is 1. The third-order valence-corrected chi connectivity index (χ3v) is 7.95. The molecule has 0 spiro atoms. The topological polar surface area (TPSA) is 124 Å². The lowest BCUT2D eigenvalue weighted by molar-refractivity contribution is -0.164. The van der Waals surface area contributed by atoms with Gasteiger partial charge < -0.3 is 34.1 Å². The van der Waals surface area contributed by atoms with E-state index < -0.39 is 42.6 Å². The molecule has 3 fully saturated rings. The average molecular weight is 579 g/mol. The molecule has 0 saturated carbocycles. The molecule has 2 bridgehead atoms. The van der Waals surface area contributed by atoms with Crippen molar-refractivity contribution in [1.82, 2.24) is 24.4 Å². The zero-order valence-electron chi connectivity index (χ0n) is 22.1. The number of imidazole rings is 1. The third kappa shape index (κ3) is 4.54. The highest BCUT2D eigenvalue weighted by molar-refractivity contribution is 6.33. The van der Waals surface area contributed by atoms with E-state index in [0.717, 1.165) is 0 Å². The van der Waals surface area contributed by atoms with E-state index in [-0.39, 0.29) is 40.7 Å². The van der Waals surface area contributed by atoms with Crippen molar-refractivity contribution in [2.75, 3.05) is 32.1 Å². The number of rotatable bonds is 5. The van der Waals surface area contributed by atoms with Crippen molar-refractivity contribution in [3.05, 3.63) is 35.0 Å². The van der Waals surface area contributed by atoms with E-state index in [1.54, 1.807) is 11.0 Å². The molecule has 0 radical (unpaired) electrons. The monoisotopic (exact) mass is 578 g/mol. The van der Waals surface area contributed by atoms with Gasteiger partial charge in [-0.05, 0) is 32.4 Å². The lowest BCUT2D eigenvalue weighted by atomic mass is 9.99. The van der Waals surface area contributed by atoms with Crippen molar-refractivity contribution in [3.63, 3.8) is 0 Å². The van der Waals surface area contributed by atoms with Crippen LogP contribution < -0.4 is 5.32 Å². The van der Waals surface area contributed by atoms with E-state index in [0.29, 0.717) is 36.4 Å². The molecule has 1 amide bonds. The first kappa shape index (κ1) is 27.1. The minimum absolute atomic E-state index is 0.0137. The Hall–Kier alpha value is -3.13. The molecule has 2 N–H and O–H groups in total. The Morgan fingerprint density at radius 2 is 2.12 bits per heavy atom. The summed E-state index contributed by atoms with van der Waals surface area (Å²) in [5.74, 6) is 0.0503. The van der Waals surface area contributed by atoms with Gasteiger partial charge in [0, 0.05) is 30.6 Å². The average Bonchev–Trinajstić information content (AvgIpc) is 3.68. The predicted molar refractivity (Wildman–Crippen MR) is 140 cm³/mol. The largest absolute Gasteiger partial charge is 0.453 e. The first-order chi connectivity index (χ1) is 19.2. The summed E-state index contributed by atoms with van der Waals surface area (Å²) in [6.07, 6.45) is -2.99. The first-order valence-electron chi connectivity index (χ1n) is 13.1. The van der Waals surface area contributed by atoms with E-state index in [1.807, 2.05) is 18.4 Å². The molecule has 6 atom stereocenters. The molecule has 2 aromatic heterocycles. The standard InChI is InChI=1S/C26H29ClF2N6O5/c1-11(2)35-16-7-13(6-15(28)20(16)31-23(35)12-4-5-34(9-12)26(37)38-3)19-14(27)8-30-25(32-19)33-21-18(29)24-39-10-17(40-24)22(21)36/h6-8,11-12,17-18,21-22,24,36H,4-5,9-10H2,1-3H3,(H,30,32,33)/t12-,17+,18+,21?,22-,24+/m1/s1. The molecule has 0 aliphatic carbocycles. The van der Waals surface area contributed by atoms with Crippen LogP contribution in [0.4, 0.5) is 19.5 Å². The van der Waals surface area contributed by atoms with Gasteiger partial charge in [0.2, 0.25) is 5.95 Å².